The van der Waals surface area contributed by atoms with E-state index in [1.54, 1.807) is 0 Å². The number of allylic oxidation sites excluding steroid dienone is 2. The minimum Gasteiger partial charge on any atom is -0.0823 e. The Kier molecular flexibility index (Phi) is 1.47. The van der Waals surface area contributed by atoms with E-state index in [2.05, 4.69) is 26.0 Å². The Morgan fingerprint density at radius 1 is 1.10 bits per heavy atom. The zero-order chi connectivity index (χ0) is 6.54. The highest BCUT2D eigenvalue weighted by atomic mass is 14.5. The van der Waals surface area contributed by atoms with Gasteiger partial charge in [0.1, 0.15) is 0 Å². The average Bonchev–Trinajstić information content (AvgIpc) is 2.36. The van der Waals surface area contributed by atoms with Gasteiger partial charge in [0.05, 0.1) is 0 Å². The minimum absolute atomic E-state index is 0. The van der Waals surface area contributed by atoms with Crippen molar-refractivity contribution >= 4 is 0 Å². The molecule has 0 aromatic heterocycles. The summed E-state index contributed by atoms with van der Waals surface area (Å²) in [6.07, 6.45) is 9.13. The maximum atomic E-state index is 2.44. The van der Waals surface area contributed by atoms with Gasteiger partial charge >= 0.3 is 0 Å². The normalized spacial score (nSPS) is 30.2. The van der Waals surface area contributed by atoms with Gasteiger partial charge in [-0.3, -0.25) is 0 Å². The molecule has 0 bridgehead atoms. The maximum Gasteiger partial charge on any atom is -0.0109 e. The molecule has 0 aromatic rings. The smallest absolute Gasteiger partial charge is 0.0109 e. The second-order valence-corrected chi connectivity index (χ2v) is 4.36. The molecule has 0 aliphatic heterocycles. The molecule has 0 saturated heterocycles. The highest BCUT2D eigenvalue weighted by Crippen LogP contribution is 2.58. The molecular formula is C10H18. The molecule has 0 N–H and O–H groups in total. The molecule has 58 valence electrons. The maximum absolute atomic E-state index is 2.44. The van der Waals surface area contributed by atoms with Gasteiger partial charge in [0.2, 0.25) is 0 Å². The van der Waals surface area contributed by atoms with Crippen LogP contribution >= 0.6 is 0 Å². The standard InChI is InChI=1S/C9H14.CH4/c1-8(2)3-4-9(7-8)5-6-9;/h3-4H,5-7H2,1-2H3;1H4. The monoisotopic (exact) mass is 138 g/mol. The first-order valence-corrected chi connectivity index (χ1v) is 3.82. The molecular weight excluding hydrogens is 120 g/mol. The molecule has 2 aliphatic rings. The Hall–Kier alpha value is -0.260. The predicted molar refractivity (Wildman–Crippen MR) is 45.9 cm³/mol. The molecule has 0 radical (unpaired) electrons. The lowest BCUT2D eigenvalue weighted by Crippen LogP contribution is -2.05. The number of hydrogen-bond acceptors (Lipinski definition) is 0. The van der Waals surface area contributed by atoms with Gasteiger partial charge in [-0.15, -0.1) is 0 Å². The van der Waals surface area contributed by atoms with Crippen LogP contribution in [0, 0.1) is 10.8 Å². The second-order valence-electron chi connectivity index (χ2n) is 4.36. The van der Waals surface area contributed by atoms with Crippen molar-refractivity contribution in [2.75, 3.05) is 0 Å². The molecule has 1 spiro atoms. The van der Waals surface area contributed by atoms with Gasteiger partial charge in [0.25, 0.3) is 0 Å². The van der Waals surface area contributed by atoms with E-state index in [9.17, 15) is 0 Å². The van der Waals surface area contributed by atoms with Crippen LogP contribution in [-0.4, -0.2) is 0 Å². The van der Waals surface area contributed by atoms with Crippen LogP contribution in [0.25, 0.3) is 0 Å². The molecule has 0 unspecified atom stereocenters. The molecule has 0 nitrogen and oxygen atoms in total. The van der Waals surface area contributed by atoms with E-state index in [1.807, 2.05) is 0 Å². The van der Waals surface area contributed by atoms with Gasteiger partial charge < -0.3 is 0 Å². The van der Waals surface area contributed by atoms with Crippen LogP contribution in [0.15, 0.2) is 12.2 Å². The molecule has 10 heavy (non-hydrogen) atoms. The van der Waals surface area contributed by atoms with Gasteiger partial charge in [0.15, 0.2) is 0 Å². The Labute approximate surface area is 64.3 Å². The zero-order valence-electron chi connectivity index (χ0n) is 6.28. The Morgan fingerprint density at radius 3 is 1.90 bits per heavy atom. The second kappa shape index (κ2) is 1.87. The Morgan fingerprint density at radius 2 is 1.70 bits per heavy atom. The van der Waals surface area contributed by atoms with E-state index in [1.165, 1.54) is 19.3 Å². The molecule has 0 heterocycles. The van der Waals surface area contributed by atoms with E-state index in [4.69, 9.17) is 0 Å². The first-order valence-electron chi connectivity index (χ1n) is 3.82. The van der Waals surface area contributed by atoms with Crippen molar-refractivity contribution in [3.63, 3.8) is 0 Å². The fourth-order valence-corrected chi connectivity index (χ4v) is 1.93. The van der Waals surface area contributed by atoms with Gasteiger partial charge in [-0.05, 0) is 30.1 Å². The molecule has 0 atom stereocenters. The minimum atomic E-state index is 0. The third kappa shape index (κ3) is 1.12. The van der Waals surface area contributed by atoms with Crippen molar-refractivity contribution in [2.24, 2.45) is 10.8 Å². The van der Waals surface area contributed by atoms with Crippen LogP contribution in [0.5, 0.6) is 0 Å². The van der Waals surface area contributed by atoms with E-state index < -0.39 is 0 Å². The molecule has 0 aromatic carbocycles. The van der Waals surface area contributed by atoms with Crippen LogP contribution in [0.1, 0.15) is 40.5 Å². The third-order valence-electron chi connectivity index (χ3n) is 2.59. The fourth-order valence-electron chi connectivity index (χ4n) is 1.93. The van der Waals surface area contributed by atoms with E-state index >= 15 is 0 Å². The number of rotatable bonds is 0. The van der Waals surface area contributed by atoms with Gasteiger partial charge in [-0.2, -0.15) is 0 Å². The van der Waals surface area contributed by atoms with Crippen molar-refractivity contribution in [1.29, 1.82) is 0 Å². The Bertz CT molecular complexity index is 153. The predicted octanol–water partition coefficient (Wildman–Crippen LogP) is 3.39. The summed E-state index contributed by atoms with van der Waals surface area (Å²) in [6.45, 7) is 4.66. The zero-order valence-corrected chi connectivity index (χ0v) is 6.28. The molecule has 2 rings (SSSR count). The number of hydrogen-bond donors (Lipinski definition) is 0. The van der Waals surface area contributed by atoms with Crippen LogP contribution < -0.4 is 0 Å². The van der Waals surface area contributed by atoms with Gasteiger partial charge in [0, 0.05) is 0 Å². The summed E-state index contributed by atoms with van der Waals surface area (Å²) in [5.41, 5.74) is 1.21. The lowest BCUT2D eigenvalue weighted by atomic mass is 9.89. The first kappa shape index (κ1) is 7.84. The average molecular weight is 138 g/mol. The summed E-state index contributed by atoms with van der Waals surface area (Å²) in [5.74, 6) is 0. The summed E-state index contributed by atoms with van der Waals surface area (Å²) >= 11 is 0. The lowest BCUT2D eigenvalue weighted by Gasteiger charge is -2.15. The fraction of sp³-hybridized carbons (Fsp3) is 0.800. The van der Waals surface area contributed by atoms with Crippen molar-refractivity contribution in [3.05, 3.63) is 12.2 Å². The van der Waals surface area contributed by atoms with Crippen LogP contribution in [-0.2, 0) is 0 Å². The van der Waals surface area contributed by atoms with E-state index in [0.717, 1.165) is 0 Å². The molecule has 2 aliphatic carbocycles. The van der Waals surface area contributed by atoms with Gasteiger partial charge in [-0.25, -0.2) is 0 Å². The molecule has 0 heteroatoms. The van der Waals surface area contributed by atoms with Crippen LogP contribution in [0.2, 0.25) is 0 Å². The first-order chi connectivity index (χ1) is 4.12. The topological polar surface area (TPSA) is 0 Å². The quantitative estimate of drug-likeness (QED) is 0.450. The van der Waals surface area contributed by atoms with E-state index in [0.29, 0.717) is 10.8 Å². The SMILES string of the molecule is C.CC1(C)C=CC2(CC2)C1. The Balaban J connectivity index is 0.000000500. The lowest BCUT2D eigenvalue weighted by molar-refractivity contribution is 0.398. The third-order valence-corrected chi connectivity index (χ3v) is 2.59. The molecule has 1 saturated carbocycles. The summed E-state index contributed by atoms with van der Waals surface area (Å²) in [7, 11) is 0. The highest BCUT2D eigenvalue weighted by Gasteiger charge is 2.46. The van der Waals surface area contributed by atoms with Crippen molar-refractivity contribution < 1.29 is 0 Å². The summed E-state index contributed by atoms with van der Waals surface area (Å²) in [4.78, 5) is 0. The summed E-state index contributed by atoms with van der Waals surface area (Å²) in [6, 6.07) is 0. The van der Waals surface area contributed by atoms with Gasteiger partial charge in [-0.1, -0.05) is 33.4 Å². The summed E-state index contributed by atoms with van der Waals surface area (Å²) in [5, 5.41) is 0. The van der Waals surface area contributed by atoms with Crippen molar-refractivity contribution in [2.45, 2.75) is 40.5 Å². The highest BCUT2D eigenvalue weighted by molar-refractivity contribution is 5.20. The van der Waals surface area contributed by atoms with Crippen LogP contribution in [0.4, 0.5) is 0 Å². The summed E-state index contributed by atoms with van der Waals surface area (Å²) < 4.78 is 0. The molecule has 1 fully saturated rings. The van der Waals surface area contributed by atoms with E-state index in [-0.39, 0.29) is 7.43 Å². The van der Waals surface area contributed by atoms with Crippen molar-refractivity contribution in [1.82, 2.24) is 0 Å². The van der Waals surface area contributed by atoms with Crippen molar-refractivity contribution in [3.8, 4) is 0 Å². The molecule has 0 amide bonds. The largest absolute Gasteiger partial charge is 0.0823 e. The van der Waals surface area contributed by atoms with Crippen LogP contribution in [0.3, 0.4) is 0 Å².